The van der Waals surface area contributed by atoms with Gasteiger partial charge in [-0.25, -0.2) is 4.98 Å². The summed E-state index contributed by atoms with van der Waals surface area (Å²) in [6.07, 6.45) is 6.38. The summed E-state index contributed by atoms with van der Waals surface area (Å²) in [4.78, 5) is 48.2. The Morgan fingerprint density at radius 1 is 1.15 bits per heavy atom. The number of amides is 2. The molecule has 2 aliphatic heterocycles. The molecule has 7 nitrogen and oxygen atoms in total. The fourth-order valence-electron chi connectivity index (χ4n) is 3.77. The lowest BCUT2D eigenvalue weighted by atomic mass is 10.2. The van der Waals surface area contributed by atoms with E-state index in [0.717, 1.165) is 30.4 Å². The van der Waals surface area contributed by atoms with Crippen LogP contribution in [0.15, 0.2) is 28.1 Å². The molecule has 142 valence electrons. The topological polar surface area (TPSA) is 86.4 Å². The molecule has 0 aromatic carbocycles. The molecular weight excluding hydrogens is 344 g/mol. The summed E-state index contributed by atoms with van der Waals surface area (Å²) in [5, 5.41) is 0. The van der Waals surface area contributed by atoms with E-state index in [4.69, 9.17) is 0 Å². The van der Waals surface area contributed by atoms with E-state index < -0.39 is 0 Å². The molecule has 1 saturated carbocycles. The van der Waals surface area contributed by atoms with E-state index in [1.165, 1.54) is 0 Å². The van der Waals surface area contributed by atoms with Crippen LogP contribution < -0.4 is 5.56 Å². The van der Waals surface area contributed by atoms with E-state index in [1.54, 1.807) is 22.8 Å². The van der Waals surface area contributed by atoms with Crippen molar-refractivity contribution in [2.45, 2.75) is 39.0 Å². The Balaban J connectivity index is 1.44. The van der Waals surface area contributed by atoms with Crippen LogP contribution in [-0.4, -0.2) is 57.8 Å². The molecule has 0 unspecified atom stereocenters. The van der Waals surface area contributed by atoms with Gasteiger partial charge in [-0.3, -0.25) is 14.4 Å². The number of carbonyl (C=O) groups excluding carboxylic acids is 2. The van der Waals surface area contributed by atoms with Gasteiger partial charge in [-0.15, -0.1) is 0 Å². The van der Waals surface area contributed by atoms with Gasteiger partial charge >= 0.3 is 0 Å². The molecule has 0 spiro atoms. The van der Waals surface area contributed by atoms with Crippen molar-refractivity contribution in [1.29, 1.82) is 0 Å². The highest BCUT2D eigenvalue weighted by molar-refractivity contribution is 5.96. The third-order valence-corrected chi connectivity index (χ3v) is 5.42. The molecule has 4 rings (SSSR count). The first kappa shape index (κ1) is 17.7. The third kappa shape index (κ3) is 3.34. The quantitative estimate of drug-likeness (QED) is 0.645. The van der Waals surface area contributed by atoms with Crippen LogP contribution in [-0.2, 0) is 4.79 Å². The van der Waals surface area contributed by atoms with Crippen LogP contribution in [0.1, 0.15) is 54.0 Å². The van der Waals surface area contributed by atoms with Crippen LogP contribution in [0.3, 0.4) is 0 Å². The fourth-order valence-corrected chi connectivity index (χ4v) is 3.77. The SMILES string of the molecule is CC/C=C/C(=O)N1CC2=C(C1)CN(C(=O)c1c(C)nc(C3CC3)[nH]c1=O)C2. The average Bonchev–Trinajstić information content (AvgIpc) is 3.28. The van der Waals surface area contributed by atoms with Gasteiger partial charge in [-0.1, -0.05) is 13.0 Å². The minimum Gasteiger partial charge on any atom is -0.331 e. The van der Waals surface area contributed by atoms with Crippen molar-refractivity contribution in [3.05, 3.63) is 50.7 Å². The number of aromatic amines is 1. The lowest BCUT2D eigenvalue weighted by molar-refractivity contribution is -0.124. The molecule has 0 radical (unpaired) electrons. The highest BCUT2D eigenvalue weighted by Gasteiger charge is 2.35. The molecule has 1 fully saturated rings. The van der Waals surface area contributed by atoms with Crippen molar-refractivity contribution in [2.24, 2.45) is 0 Å². The highest BCUT2D eigenvalue weighted by Crippen LogP contribution is 2.37. The van der Waals surface area contributed by atoms with Crippen molar-refractivity contribution in [3.8, 4) is 0 Å². The Hall–Kier alpha value is -2.70. The molecule has 3 heterocycles. The molecule has 7 heteroatoms. The minimum atomic E-state index is -0.344. The Morgan fingerprint density at radius 2 is 1.78 bits per heavy atom. The predicted octanol–water partition coefficient (Wildman–Crippen LogP) is 1.52. The molecule has 2 amide bonds. The number of rotatable bonds is 4. The average molecular weight is 368 g/mol. The molecule has 1 aromatic heterocycles. The van der Waals surface area contributed by atoms with Crippen LogP contribution >= 0.6 is 0 Å². The largest absolute Gasteiger partial charge is 0.331 e. The first-order valence-corrected chi connectivity index (χ1v) is 9.53. The number of hydrogen-bond acceptors (Lipinski definition) is 4. The van der Waals surface area contributed by atoms with Crippen molar-refractivity contribution < 1.29 is 9.59 Å². The molecule has 3 aliphatic rings. The van der Waals surface area contributed by atoms with Gasteiger partial charge in [0.2, 0.25) is 5.91 Å². The molecule has 0 saturated heterocycles. The summed E-state index contributed by atoms with van der Waals surface area (Å²) < 4.78 is 0. The Bertz CT molecular complexity index is 906. The van der Waals surface area contributed by atoms with Crippen molar-refractivity contribution in [2.75, 3.05) is 26.2 Å². The molecular formula is C20H24N4O3. The number of nitrogens with zero attached hydrogens (tertiary/aromatic N) is 3. The van der Waals surface area contributed by atoms with E-state index in [2.05, 4.69) is 9.97 Å². The van der Waals surface area contributed by atoms with Gasteiger partial charge in [-0.05, 0) is 43.4 Å². The normalized spacial score (nSPS) is 19.3. The minimum absolute atomic E-state index is 0.0104. The maximum absolute atomic E-state index is 12.9. The molecule has 27 heavy (non-hydrogen) atoms. The van der Waals surface area contributed by atoms with Crippen molar-refractivity contribution in [1.82, 2.24) is 19.8 Å². The molecule has 0 atom stereocenters. The van der Waals surface area contributed by atoms with Crippen molar-refractivity contribution in [3.63, 3.8) is 0 Å². The van der Waals surface area contributed by atoms with Crippen LogP contribution in [0.2, 0.25) is 0 Å². The van der Waals surface area contributed by atoms with Crippen LogP contribution in [0.4, 0.5) is 0 Å². The Labute approximate surface area is 157 Å². The van der Waals surface area contributed by atoms with Gasteiger partial charge in [0, 0.05) is 32.1 Å². The molecule has 1 aromatic rings. The zero-order chi connectivity index (χ0) is 19.1. The summed E-state index contributed by atoms with van der Waals surface area (Å²) in [7, 11) is 0. The van der Waals surface area contributed by atoms with Gasteiger partial charge < -0.3 is 14.8 Å². The summed E-state index contributed by atoms with van der Waals surface area (Å²) >= 11 is 0. The number of carbonyl (C=O) groups is 2. The van der Waals surface area contributed by atoms with Crippen LogP contribution in [0.25, 0.3) is 0 Å². The van der Waals surface area contributed by atoms with Crippen LogP contribution in [0.5, 0.6) is 0 Å². The van der Waals surface area contributed by atoms with Gasteiger partial charge in [0.15, 0.2) is 0 Å². The number of H-pyrrole nitrogens is 1. The second kappa shape index (κ2) is 6.79. The summed E-state index contributed by atoms with van der Waals surface area (Å²) in [6.45, 7) is 5.77. The lowest BCUT2D eigenvalue weighted by Gasteiger charge is -2.22. The fraction of sp³-hybridized carbons (Fsp3) is 0.500. The van der Waals surface area contributed by atoms with Gasteiger partial charge in [-0.2, -0.15) is 0 Å². The number of nitrogens with one attached hydrogen (secondary N) is 1. The lowest BCUT2D eigenvalue weighted by Crippen LogP contribution is -2.38. The molecule has 1 N–H and O–H groups in total. The van der Waals surface area contributed by atoms with E-state index in [-0.39, 0.29) is 22.9 Å². The number of hydrogen-bond donors (Lipinski definition) is 1. The van der Waals surface area contributed by atoms with E-state index in [1.807, 2.05) is 13.0 Å². The summed E-state index contributed by atoms with van der Waals surface area (Å²) in [5.74, 6) is 0.770. The summed E-state index contributed by atoms with van der Waals surface area (Å²) in [5.41, 5.74) is 2.51. The Kier molecular flexibility index (Phi) is 4.45. The van der Waals surface area contributed by atoms with E-state index >= 15 is 0 Å². The first-order valence-electron chi connectivity index (χ1n) is 9.53. The second-order valence-electron chi connectivity index (χ2n) is 7.56. The predicted molar refractivity (Wildman–Crippen MR) is 101 cm³/mol. The van der Waals surface area contributed by atoms with Gasteiger partial charge in [0.25, 0.3) is 11.5 Å². The first-order chi connectivity index (χ1) is 13.0. The monoisotopic (exact) mass is 368 g/mol. The number of allylic oxidation sites excluding steroid dienone is 1. The van der Waals surface area contributed by atoms with Gasteiger partial charge in [0.05, 0.1) is 5.69 Å². The second-order valence-corrected chi connectivity index (χ2v) is 7.56. The van der Waals surface area contributed by atoms with Crippen molar-refractivity contribution >= 4 is 11.8 Å². The molecule has 1 aliphatic carbocycles. The maximum atomic E-state index is 12.9. The summed E-state index contributed by atoms with van der Waals surface area (Å²) in [6, 6.07) is 0. The van der Waals surface area contributed by atoms with Crippen LogP contribution in [0, 0.1) is 6.92 Å². The van der Waals surface area contributed by atoms with Gasteiger partial charge in [0.1, 0.15) is 11.4 Å². The smallest absolute Gasteiger partial charge is 0.264 e. The number of aromatic nitrogens is 2. The third-order valence-electron chi connectivity index (χ3n) is 5.42. The van der Waals surface area contributed by atoms with E-state index in [0.29, 0.717) is 43.6 Å². The zero-order valence-electron chi connectivity index (χ0n) is 15.7. The maximum Gasteiger partial charge on any atom is 0.264 e. The Morgan fingerprint density at radius 3 is 2.33 bits per heavy atom. The standard InChI is InChI=1S/C20H24N4O3/c1-3-4-5-16(25)23-8-14-10-24(11-15(14)9-23)20(27)17-12(2)21-18(13-6-7-13)22-19(17)26/h4-5,13H,3,6-11H2,1-2H3,(H,21,22,26)/b5-4+. The van der Waals surface area contributed by atoms with E-state index in [9.17, 15) is 14.4 Å². The molecule has 0 bridgehead atoms. The number of aryl methyl sites for hydroxylation is 1. The zero-order valence-corrected chi connectivity index (χ0v) is 15.7. The highest BCUT2D eigenvalue weighted by atomic mass is 16.2.